The zero-order valence-electron chi connectivity index (χ0n) is 11.4. The van der Waals surface area contributed by atoms with Gasteiger partial charge in [0.15, 0.2) is 0 Å². The smallest absolute Gasteiger partial charge is 0.134 e. The van der Waals surface area contributed by atoms with Gasteiger partial charge in [0.2, 0.25) is 0 Å². The second-order valence-electron chi connectivity index (χ2n) is 5.55. The van der Waals surface area contributed by atoms with Gasteiger partial charge in [-0.25, -0.2) is 9.97 Å². The minimum atomic E-state index is 0.730. The van der Waals surface area contributed by atoms with E-state index in [2.05, 4.69) is 31.6 Å². The van der Waals surface area contributed by atoms with Crippen LogP contribution in [0.3, 0.4) is 0 Å². The molecule has 1 atom stereocenters. The van der Waals surface area contributed by atoms with E-state index in [0.29, 0.717) is 0 Å². The number of hydrogen-bond donors (Lipinski definition) is 2. The van der Waals surface area contributed by atoms with Crippen molar-refractivity contribution in [3.63, 3.8) is 0 Å². The highest BCUT2D eigenvalue weighted by atomic mass is 15.2. The zero-order chi connectivity index (χ0) is 12.9. The number of nitrogens with one attached hydrogen (secondary N) is 2. The Morgan fingerprint density at radius 2 is 2.16 bits per heavy atom. The molecular formula is C14H23N5. The van der Waals surface area contributed by atoms with Crippen LogP contribution in [0.1, 0.15) is 25.7 Å². The summed E-state index contributed by atoms with van der Waals surface area (Å²) >= 11 is 0. The lowest BCUT2D eigenvalue weighted by Gasteiger charge is -2.27. The summed E-state index contributed by atoms with van der Waals surface area (Å²) in [6.45, 7) is 5.53. The minimum absolute atomic E-state index is 0.730. The molecule has 2 aliphatic rings. The predicted molar refractivity (Wildman–Crippen MR) is 77.6 cm³/mol. The quantitative estimate of drug-likeness (QED) is 0.860. The monoisotopic (exact) mass is 261 g/mol. The van der Waals surface area contributed by atoms with Crippen LogP contribution in [0.15, 0.2) is 12.4 Å². The Hall–Kier alpha value is -1.36. The molecule has 0 aliphatic carbocycles. The third kappa shape index (κ3) is 3.35. The number of rotatable bonds is 4. The van der Waals surface area contributed by atoms with Gasteiger partial charge in [-0.05, 0) is 44.7 Å². The van der Waals surface area contributed by atoms with Gasteiger partial charge < -0.3 is 15.5 Å². The highest BCUT2D eigenvalue weighted by molar-refractivity contribution is 5.48. The average Bonchev–Trinajstić information content (AvgIpc) is 3.00. The Bertz CT molecular complexity index is 397. The van der Waals surface area contributed by atoms with E-state index in [1.54, 1.807) is 6.33 Å². The van der Waals surface area contributed by atoms with Crippen molar-refractivity contribution in [2.24, 2.45) is 5.92 Å². The standard InChI is InChI=1S/C14H23N5/c1-2-6-19(7-3-1)14-8-13(17-11-18-14)16-10-12-4-5-15-9-12/h8,11-12,15H,1-7,9-10H2,(H,16,17,18). The van der Waals surface area contributed by atoms with E-state index in [1.165, 1.54) is 25.7 Å². The van der Waals surface area contributed by atoms with E-state index < -0.39 is 0 Å². The molecule has 1 aromatic rings. The molecule has 19 heavy (non-hydrogen) atoms. The Labute approximate surface area is 114 Å². The number of nitrogens with zero attached hydrogens (tertiary/aromatic N) is 3. The Morgan fingerprint density at radius 1 is 1.26 bits per heavy atom. The molecule has 0 bridgehead atoms. The van der Waals surface area contributed by atoms with Gasteiger partial charge >= 0.3 is 0 Å². The van der Waals surface area contributed by atoms with Gasteiger partial charge in [-0.1, -0.05) is 0 Å². The lowest BCUT2D eigenvalue weighted by molar-refractivity contribution is 0.573. The van der Waals surface area contributed by atoms with Gasteiger partial charge in [0.05, 0.1) is 0 Å². The molecule has 104 valence electrons. The number of anilines is 2. The van der Waals surface area contributed by atoms with Crippen LogP contribution in [0, 0.1) is 5.92 Å². The molecule has 2 N–H and O–H groups in total. The zero-order valence-corrected chi connectivity index (χ0v) is 11.4. The number of piperidine rings is 1. The van der Waals surface area contributed by atoms with Gasteiger partial charge in [-0.3, -0.25) is 0 Å². The molecule has 1 aromatic heterocycles. The highest BCUT2D eigenvalue weighted by Crippen LogP contribution is 2.19. The molecule has 5 nitrogen and oxygen atoms in total. The molecule has 5 heteroatoms. The first-order valence-electron chi connectivity index (χ1n) is 7.43. The van der Waals surface area contributed by atoms with Crippen molar-refractivity contribution in [1.82, 2.24) is 15.3 Å². The number of hydrogen-bond acceptors (Lipinski definition) is 5. The first-order valence-corrected chi connectivity index (χ1v) is 7.43. The molecule has 3 rings (SSSR count). The normalized spacial score (nSPS) is 23.6. The van der Waals surface area contributed by atoms with E-state index in [9.17, 15) is 0 Å². The predicted octanol–water partition coefficient (Wildman–Crippen LogP) is 1.49. The van der Waals surface area contributed by atoms with Crippen molar-refractivity contribution in [2.45, 2.75) is 25.7 Å². The average molecular weight is 261 g/mol. The van der Waals surface area contributed by atoms with Gasteiger partial charge in [-0.2, -0.15) is 0 Å². The van der Waals surface area contributed by atoms with Crippen LogP contribution in [0.25, 0.3) is 0 Å². The van der Waals surface area contributed by atoms with E-state index in [-0.39, 0.29) is 0 Å². The highest BCUT2D eigenvalue weighted by Gasteiger charge is 2.15. The molecule has 2 saturated heterocycles. The molecule has 1 unspecified atom stereocenters. The van der Waals surface area contributed by atoms with E-state index >= 15 is 0 Å². The lowest BCUT2D eigenvalue weighted by Crippen LogP contribution is -2.30. The number of aromatic nitrogens is 2. The van der Waals surface area contributed by atoms with E-state index in [4.69, 9.17) is 0 Å². The SMILES string of the molecule is c1nc(NCC2CCNC2)cc(N2CCCCC2)n1. The lowest BCUT2D eigenvalue weighted by atomic mass is 10.1. The van der Waals surface area contributed by atoms with Crippen LogP contribution in [0.4, 0.5) is 11.6 Å². The van der Waals surface area contributed by atoms with Crippen molar-refractivity contribution in [3.05, 3.63) is 12.4 Å². The second kappa shape index (κ2) is 6.19. The Morgan fingerprint density at radius 3 is 2.95 bits per heavy atom. The van der Waals surface area contributed by atoms with Crippen molar-refractivity contribution in [2.75, 3.05) is 42.9 Å². The summed E-state index contributed by atoms with van der Waals surface area (Å²) in [5, 5.41) is 6.84. The van der Waals surface area contributed by atoms with Crippen LogP contribution < -0.4 is 15.5 Å². The molecule has 0 aromatic carbocycles. The molecule has 0 radical (unpaired) electrons. The minimum Gasteiger partial charge on any atom is -0.370 e. The van der Waals surface area contributed by atoms with E-state index in [0.717, 1.165) is 50.3 Å². The topological polar surface area (TPSA) is 53.1 Å². The molecule has 0 spiro atoms. The second-order valence-corrected chi connectivity index (χ2v) is 5.55. The maximum absolute atomic E-state index is 4.41. The molecule has 3 heterocycles. The first kappa shape index (κ1) is 12.7. The van der Waals surface area contributed by atoms with Crippen LogP contribution >= 0.6 is 0 Å². The third-order valence-corrected chi connectivity index (χ3v) is 4.07. The van der Waals surface area contributed by atoms with Crippen molar-refractivity contribution >= 4 is 11.6 Å². The van der Waals surface area contributed by atoms with Gasteiger partial charge in [0.1, 0.15) is 18.0 Å². The molecule has 0 saturated carbocycles. The van der Waals surface area contributed by atoms with E-state index in [1.807, 2.05) is 0 Å². The van der Waals surface area contributed by atoms with Gasteiger partial charge in [-0.15, -0.1) is 0 Å². The summed E-state index contributed by atoms with van der Waals surface area (Å²) in [5.41, 5.74) is 0. The van der Waals surface area contributed by atoms with Crippen LogP contribution in [-0.2, 0) is 0 Å². The fourth-order valence-electron chi connectivity index (χ4n) is 2.88. The largest absolute Gasteiger partial charge is 0.370 e. The summed E-state index contributed by atoms with van der Waals surface area (Å²) in [5.74, 6) is 2.76. The molecular weight excluding hydrogens is 238 g/mol. The summed E-state index contributed by atoms with van der Waals surface area (Å²) in [4.78, 5) is 11.1. The molecule has 2 fully saturated rings. The summed E-state index contributed by atoms with van der Waals surface area (Å²) in [7, 11) is 0. The van der Waals surface area contributed by atoms with Crippen LogP contribution in [0.2, 0.25) is 0 Å². The van der Waals surface area contributed by atoms with Crippen molar-refractivity contribution in [3.8, 4) is 0 Å². The maximum Gasteiger partial charge on any atom is 0.134 e. The molecule has 2 aliphatic heterocycles. The van der Waals surface area contributed by atoms with Crippen molar-refractivity contribution < 1.29 is 0 Å². The van der Waals surface area contributed by atoms with Crippen LogP contribution in [0.5, 0.6) is 0 Å². The fraction of sp³-hybridized carbons (Fsp3) is 0.714. The van der Waals surface area contributed by atoms with Gasteiger partial charge in [0.25, 0.3) is 0 Å². The summed E-state index contributed by atoms with van der Waals surface area (Å²) in [6.07, 6.45) is 6.85. The first-order chi connectivity index (χ1) is 9.42. The summed E-state index contributed by atoms with van der Waals surface area (Å²) in [6, 6.07) is 2.09. The fourth-order valence-corrected chi connectivity index (χ4v) is 2.88. The Balaban J connectivity index is 1.58. The van der Waals surface area contributed by atoms with Crippen LogP contribution in [-0.4, -0.2) is 42.7 Å². The maximum atomic E-state index is 4.41. The van der Waals surface area contributed by atoms with Gasteiger partial charge in [0, 0.05) is 25.7 Å². The summed E-state index contributed by atoms with van der Waals surface area (Å²) < 4.78 is 0. The molecule has 0 amide bonds. The Kier molecular flexibility index (Phi) is 4.13. The third-order valence-electron chi connectivity index (χ3n) is 4.07. The van der Waals surface area contributed by atoms with Crippen molar-refractivity contribution in [1.29, 1.82) is 0 Å².